The van der Waals surface area contributed by atoms with Crippen molar-refractivity contribution in [1.82, 2.24) is 14.8 Å². The van der Waals surface area contributed by atoms with Crippen LogP contribution in [0.1, 0.15) is 35.6 Å². The summed E-state index contributed by atoms with van der Waals surface area (Å²) in [6.45, 7) is 6.93. The molecule has 0 atom stereocenters. The molecule has 5 nitrogen and oxygen atoms in total. The van der Waals surface area contributed by atoms with Gasteiger partial charge in [-0.15, -0.1) is 11.3 Å². The Morgan fingerprint density at radius 1 is 1.53 bits per heavy atom. The molecule has 0 saturated carbocycles. The highest BCUT2D eigenvalue weighted by Gasteiger charge is 2.16. The van der Waals surface area contributed by atoms with Crippen molar-refractivity contribution in [3.8, 4) is 10.7 Å². The minimum atomic E-state index is -0.930. The van der Waals surface area contributed by atoms with Crippen LogP contribution in [0, 0.1) is 12.8 Å². The maximum atomic E-state index is 11.0. The SMILES string of the molecule is Cc1nc(-c2ccn(CCC(C)C)n2)sc1C(=O)O. The van der Waals surface area contributed by atoms with E-state index in [1.54, 1.807) is 6.92 Å². The van der Waals surface area contributed by atoms with E-state index in [0.717, 1.165) is 18.7 Å². The van der Waals surface area contributed by atoms with Gasteiger partial charge in [-0.05, 0) is 25.3 Å². The molecule has 6 heteroatoms. The summed E-state index contributed by atoms with van der Waals surface area (Å²) < 4.78 is 1.88. The fraction of sp³-hybridized carbons (Fsp3) is 0.462. The van der Waals surface area contributed by atoms with Gasteiger partial charge in [-0.2, -0.15) is 5.10 Å². The second kappa shape index (κ2) is 5.52. The van der Waals surface area contributed by atoms with Gasteiger partial charge in [0.2, 0.25) is 0 Å². The first kappa shape index (κ1) is 13.7. The van der Waals surface area contributed by atoms with Crippen LogP contribution in [0.15, 0.2) is 12.3 Å². The Morgan fingerprint density at radius 3 is 2.84 bits per heavy atom. The number of aryl methyl sites for hydroxylation is 2. The van der Waals surface area contributed by atoms with E-state index in [1.807, 2.05) is 16.9 Å². The van der Waals surface area contributed by atoms with Gasteiger partial charge >= 0.3 is 5.97 Å². The lowest BCUT2D eigenvalue weighted by atomic mass is 10.1. The quantitative estimate of drug-likeness (QED) is 0.913. The highest BCUT2D eigenvalue weighted by Crippen LogP contribution is 2.26. The van der Waals surface area contributed by atoms with Crippen molar-refractivity contribution in [2.45, 2.75) is 33.7 Å². The van der Waals surface area contributed by atoms with E-state index in [-0.39, 0.29) is 4.88 Å². The van der Waals surface area contributed by atoms with Crippen molar-refractivity contribution in [3.63, 3.8) is 0 Å². The van der Waals surface area contributed by atoms with E-state index >= 15 is 0 Å². The molecule has 1 N–H and O–H groups in total. The number of carboxylic acid groups (broad SMARTS) is 1. The number of carbonyl (C=O) groups is 1. The molecule has 0 bridgehead atoms. The van der Waals surface area contributed by atoms with Crippen molar-refractivity contribution in [3.05, 3.63) is 22.8 Å². The standard InChI is InChI=1S/C13H17N3O2S/c1-8(2)4-6-16-7-5-10(15-16)12-14-9(3)11(19-12)13(17)18/h5,7-8H,4,6H2,1-3H3,(H,17,18). The van der Waals surface area contributed by atoms with Crippen LogP contribution < -0.4 is 0 Å². The van der Waals surface area contributed by atoms with E-state index in [0.29, 0.717) is 16.6 Å². The van der Waals surface area contributed by atoms with Crippen molar-refractivity contribution in [2.75, 3.05) is 0 Å². The van der Waals surface area contributed by atoms with Crippen LogP contribution >= 0.6 is 11.3 Å². The molecule has 0 aliphatic carbocycles. The van der Waals surface area contributed by atoms with Gasteiger partial charge in [0.1, 0.15) is 15.6 Å². The Kier molecular flexibility index (Phi) is 3.99. The molecular formula is C13H17N3O2S. The smallest absolute Gasteiger partial charge is 0.347 e. The molecule has 2 rings (SSSR count). The lowest BCUT2D eigenvalue weighted by molar-refractivity contribution is 0.0701. The predicted molar refractivity (Wildman–Crippen MR) is 74.5 cm³/mol. The second-order valence-corrected chi connectivity index (χ2v) is 5.88. The number of hydrogen-bond donors (Lipinski definition) is 1. The Bertz CT molecular complexity index is 586. The highest BCUT2D eigenvalue weighted by atomic mass is 32.1. The van der Waals surface area contributed by atoms with E-state index in [9.17, 15) is 4.79 Å². The molecule has 2 aromatic rings. The van der Waals surface area contributed by atoms with Gasteiger partial charge in [-0.25, -0.2) is 9.78 Å². The molecule has 0 amide bonds. The van der Waals surface area contributed by atoms with Crippen LogP contribution in [0.5, 0.6) is 0 Å². The van der Waals surface area contributed by atoms with Crippen molar-refractivity contribution < 1.29 is 9.90 Å². The molecule has 0 aliphatic heterocycles. The zero-order valence-corrected chi connectivity index (χ0v) is 12.1. The molecule has 0 unspecified atom stereocenters. The van der Waals surface area contributed by atoms with E-state index in [2.05, 4.69) is 23.9 Å². The topological polar surface area (TPSA) is 68.0 Å². The normalized spacial score (nSPS) is 11.2. The number of rotatable bonds is 5. The van der Waals surface area contributed by atoms with Crippen LogP contribution in [-0.2, 0) is 6.54 Å². The summed E-state index contributed by atoms with van der Waals surface area (Å²) in [5, 5.41) is 14.1. The summed E-state index contributed by atoms with van der Waals surface area (Å²) in [6.07, 6.45) is 2.98. The van der Waals surface area contributed by atoms with Gasteiger partial charge in [-0.3, -0.25) is 4.68 Å². The molecule has 0 aromatic carbocycles. The third kappa shape index (κ3) is 3.20. The summed E-state index contributed by atoms with van der Waals surface area (Å²) in [7, 11) is 0. The third-order valence-electron chi connectivity index (χ3n) is 2.79. The number of nitrogens with zero attached hydrogens (tertiary/aromatic N) is 3. The summed E-state index contributed by atoms with van der Waals surface area (Å²) in [5.74, 6) is -0.297. The number of aromatic carboxylic acids is 1. The van der Waals surface area contributed by atoms with Gasteiger partial charge < -0.3 is 5.11 Å². The summed E-state index contributed by atoms with van der Waals surface area (Å²) in [6, 6.07) is 1.88. The number of aromatic nitrogens is 3. The largest absolute Gasteiger partial charge is 0.477 e. The first-order valence-electron chi connectivity index (χ1n) is 6.22. The Morgan fingerprint density at radius 2 is 2.26 bits per heavy atom. The molecule has 0 spiro atoms. The van der Waals surface area contributed by atoms with Gasteiger partial charge in [0, 0.05) is 12.7 Å². The van der Waals surface area contributed by atoms with Crippen molar-refractivity contribution in [2.24, 2.45) is 5.92 Å². The Balaban J connectivity index is 2.18. The number of thiazole rings is 1. The molecule has 0 saturated heterocycles. The van der Waals surface area contributed by atoms with Crippen molar-refractivity contribution >= 4 is 17.3 Å². The number of carboxylic acids is 1. The van der Waals surface area contributed by atoms with Crippen LogP contribution in [0.25, 0.3) is 10.7 Å². The first-order chi connectivity index (χ1) is 8.97. The average Bonchev–Trinajstić information content (AvgIpc) is 2.92. The Labute approximate surface area is 115 Å². The van der Waals surface area contributed by atoms with Gasteiger partial charge in [0.25, 0.3) is 0 Å². The zero-order chi connectivity index (χ0) is 14.0. The zero-order valence-electron chi connectivity index (χ0n) is 11.3. The first-order valence-corrected chi connectivity index (χ1v) is 7.03. The molecule has 0 radical (unpaired) electrons. The minimum Gasteiger partial charge on any atom is -0.477 e. The monoisotopic (exact) mass is 279 g/mol. The van der Waals surface area contributed by atoms with E-state index in [4.69, 9.17) is 5.11 Å². The fourth-order valence-electron chi connectivity index (χ4n) is 1.70. The molecular weight excluding hydrogens is 262 g/mol. The van der Waals surface area contributed by atoms with Gasteiger partial charge in [0.15, 0.2) is 0 Å². The Hall–Kier alpha value is -1.69. The van der Waals surface area contributed by atoms with Crippen molar-refractivity contribution in [1.29, 1.82) is 0 Å². The lowest BCUT2D eigenvalue weighted by Gasteiger charge is -2.03. The van der Waals surface area contributed by atoms with E-state index in [1.165, 1.54) is 11.3 Å². The maximum absolute atomic E-state index is 11.0. The van der Waals surface area contributed by atoms with Crippen LogP contribution in [0.2, 0.25) is 0 Å². The lowest BCUT2D eigenvalue weighted by Crippen LogP contribution is -2.01. The summed E-state index contributed by atoms with van der Waals surface area (Å²) in [5.41, 5.74) is 1.29. The van der Waals surface area contributed by atoms with Crippen LogP contribution in [0.4, 0.5) is 0 Å². The molecule has 2 aromatic heterocycles. The summed E-state index contributed by atoms with van der Waals surface area (Å²) in [4.78, 5) is 15.6. The average molecular weight is 279 g/mol. The predicted octanol–water partition coefficient (Wildman–Crippen LogP) is 3.06. The summed E-state index contributed by atoms with van der Waals surface area (Å²) >= 11 is 1.17. The fourth-order valence-corrected chi connectivity index (χ4v) is 2.57. The second-order valence-electron chi connectivity index (χ2n) is 4.89. The molecule has 2 heterocycles. The third-order valence-corrected chi connectivity index (χ3v) is 3.95. The maximum Gasteiger partial charge on any atom is 0.347 e. The van der Waals surface area contributed by atoms with Crippen LogP contribution in [0.3, 0.4) is 0 Å². The van der Waals surface area contributed by atoms with E-state index < -0.39 is 5.97 Å². The molecule has 0 fully saturated rings. The molecule has 102 valence electrons. The number of hydrogen-bond acceptors (Lipinski definition) is 4. The van der Waals surface area contributed by atoms with Gasteiger partial charge in [0.05, 0.1) is 5.69 Å². The molecule has 0 aliphatic rings. The molecule has 19 heavy (non-hydrogen) atoms. The van der Waals surface area contributed by atoms with Crippen LogP contribution in [-0.4, -0.2) is 25.8 Å². The highest BCUT2D eigenvalue weighted by molar-refractivity contribution is 7.17. The minimum absolute atomic E-state index is 0.284. The van der Waals surface area contributed by atoms with Gasteiger partial charge in [-0.1, -0.05) is 13.8 Å².